The second-order valence-corrected chi connectivity index (χ2v) is 3.78. The zero-order chi connectivity index (χ0) is 12.1. The van der Waals surface area contributed by atoms with E-state index in [4.69, 9.17) is 5.26 Å². The van der Waals surface area contributed by atoms with Crippen molar-refractivity contribution in [3.63, 3.8) is 0 Å². The van der Waals surface area contributed by atoms with Crippen molar-refractivity contribution < 1.29 is 0 Å². The monoisotopic (exact) mass is 220 g/mol. The lowest BCUT2D eigenvalue weighted by molar-refractivity contribution is 1.40. The number of nitrogens with zero attached hydrogens (tertiary/aromatic N) is 2. The highest BCUT2D eigenvalue weighted by molar-refractivity contribution is 5.82. The van der Waals surface area contributed by atoms with Crippen molar-refractivity contribution in [2.75, 3.05) is 0 Å². The van der Waals surface area contributed by atoms with Crippen molar-refractivity contribution in [3.8, 4) is 6.07 Å². The first kappa shape index (κ1) is 11.1. The summed E-state index contributed by atoms with van der Waals surface area (Å²) in [6.07, 6.45) is 1.78. The SMILES string of the molecule is Cc1ccccc1/N=C/c1cccc(C#N)c1. The van der Waals surface area contributed by atoms with Crippen molar-refractivity contribution in [2.24, 2.45) is 4.99 Å². The van der Waals surface area contributed by atoms with Gasteiger partial charge in [0.25, 0.3) is 0 Å². The number of hydrogen-bond acceptors (Lipinski definition) is 2. The maximum atomic E-state index is 8.80. The molecule has 0 unspecified atom stereocenters. The topological polar surface area (TPSA) is 36.1 Å². The van der Waals surface area contributed by atoms with E-state index in [0.29, 0.717) is 5.56 Å². The smallest absolute Gasteiger partial charge is 0.0991 e. The highest BCUT2D eigenvalue weighted by Crippen LogP contribution is 2.16. The number of aliphatic imine (C=N–C) groups is 1. The van der Waals surface area contributed by atoms with Crippen molar-refractivity contribution in [2.45, 2.75) is 6.92 Å². The van der Waals surface area contributed by atoms with E-state index in [1.165, 1.54) is 0 Å². The number of hydrogen-bond donors (Lipinski definition) is 0. The summed E-state index contributed by atoms with van der Waals surface area (Å²) in [5.74, 6) is 0. The minimum Gasteiger partial charge on any atom is -0.256 e. The fraction of sp³-hybridized carbons (Fsp3) is 0.0667. The molecule has 0 heterocycles. The minimum absolute atomic E-state index is 0.652. The Hall–Kier alpha value is -2.40. The number of nitriles is 1. The number of rotatable bonds is 2. The van der Waals surface area contributed by atoms with Gasteiger partial charge in [0.15, 0.2) is 0 Å². The Bertz CT molecular complexity index is 592. The van der Waals surface area contributed by atoms with Crippen LogP contribution in [0.15, 0.2) is 53.5 Å². The van der Waals surface area contributed by atoms with Crippen LogP contribution >= 0.6 is 0 Å². The van der Waals surface area contributed by atoms with Crippen LogP contribution in [0.2, 0.25) is 0 Å². The molecule has 0 aliphatic rings. The van der Waals surface area contributed by atoms with Gasteiger partial charge < -0.3 is 0 Å². The summed E-state index contributed by atoms with van der Waals surface area (Å²) >= 11 is 0. The van der Waals surface area contributed by atoms with Gasteiger partial charge in [0, 0.05) is 6.21 Å². The summed E-state index contributed by atoms with van der Waals surface area (Å²) in [6.45, 7) is 2.03. The molecule has 0 atom stereocenters. The van der Waals surface area contributed by atoms with Crippen molar-refractivity contribution in [1.29, 1.82) is 5.26 Å². The molecule has 0 saturated carbocycles. The fourth-order valence-electron chi connectivity index (χ4n) is 1.54. The van der Waals surface area contributed by atoms with Gasteiger partial charge in [-0.1, -0.05) is 30.3 Å². The lowest BCUT2D eigenvalue weighted by Crippen LogP contribution is -1.83. The molecule has 0 N–H and O–H groups in total. The molecule has 0 aliphatic carbocycles. The summed E-state index contributed by atoms with van der Waals surface area (Å²) < 4.78 is 0. The molecular formula is C15H12N2. The van der Waals surface area contributed by atoms with Crippen LogP contribution in [0.25, 0.3) is 0 Å². The molecule has 2 aromatic rings. The third-order valence-corrected chi connectivity index (χ3v) is 2.48. The van der Waals surface area contributed by atoms with Crippen LogP contribution in [0.3, 0.4) is 0 Å². The van der Waals surface area contributed by atoms with Gasteiger partial charge in [-0.3, -0.25) is 4.99 Å². The number of para-hydroxylation sites is 1. The lowest BCUT2D eigenvalue weighted by atomic mass is 10.1. The fourth-order valence-corrected chi connectivity index (χ4v) is 1.54. The second kappa shape index (κ2) is 5.09. The normalized spacial score (nSPS) is 10.4. The Labute approximate surface area is 101 Å². The molecule has 0 bridgehead atoms. The van der Waals surface area contributed by atoms with Gasteiger partial charge in [0.2, 0.25) is 0 Å². The highest BCUT2D eigenvalue weighted by atomic mass is 14.7. The van der Waals surface area contributed by atoms with Gasteiger partial charge in [-0.25, -0.2) is 0 Å². The quantitative estimate of drug-likeness (QED) is 0.712. The van der Waals surface area contributed by atoms with Crippen LogP contribution in [0.1, 0.15) is 16.7 Å². The van der Waals surface area contributed by atoms with E-state index in [9.17, 15) is 0 Å². The van der Waals surface area contributed by atoms with Gasteiger partial charge >= 0.3 is 0 Å². The molecule has 0 fully saturated rings. The van der Waals surface area contributed by atoms with Gasteiger partial charge in [-0.05, 0) is 36.2 Å². The average Bonchev–Trinajstić information content (AvgIpc) is 2.38. The number of benzene rings is 2. The van der Waals surface area contributed by atoms with Crippen LogP contribution in [-0.2, 0) is 0 Å². The lowest BCUT2D eigenvalue weighted by Gasteiger charge is -1.98. The van der Waals surface area contributed by atoms with Gasteiger partial charge in [0.05, 0.1) is 17.3 Å². The van der Waals surface area contributed by atoms with Crippen molar-refractivity contribution in [1.82, 2.24) is 0 Å². The molecule has 0 saturated heterocycles. The van der Waals surface area contributed by atoms with Crippen molar-refractivity contribution >= 4 is 11.9 Å². The molecule has 0 spiro atoms. The van der Waals surface area contributed by atoms with Crippen LogP contribution in [0.4, 0.5) is 5.69 Å². The molecule has 0 amide bonds. The van der Waals surface area contributed by atoms with E-state index in [2.05, 4.69) is 11.1 Å². The number of aryl methyl sites for hydroxylation is 1. The van der Waals surface area contributed by atoms with E-state index in [1.54, 1.807) is 12.3 Å². The van der Waals surface area contributed by atoms with E-state index in [0.717, 1.165) is 16.8 Å². The Morgan fingerprint density at radius 2 is 1.94 bits per heavy atom. The molecule has 0 aromatic heterocycles. The predicted molar refractivity (Wildman–Crippen MR) is 69.6 cm³/mol. The molecule has 0 aliphatic heterocycles. The van der Waals surface area contributed by atoms with Gasteiger partial charge in [-0.2, -0.15) is 5.26 Å². The Balaban J connectivity index is 2.27. The zero-order valence-corrected chi connectivity index (χ0v) is 9.59. The Kier molecular flexibility index (Phi) is 3.32. The standard InChI is InChI=1S/C15H12N2/c1-12-5-2-3-8-15(12)17-11-14-7-4-6-13(9-14)10-16/h2-9,11H,1H3/b17-11+. The Morgan fingerprint density at radius 3 is 2.71 bits per heavy atom. The summed E-state index contributed by atoms with van der Waals surface area (Å²) in [4.78, 5) is 4.42. The first-order valence-electron chi connectivity index (χ1n) is 5.39. The van der Waals surface area contributed by atoms with Crippen molar-refractivity contribution in [3.05, 3.63) is 65.2 Å². The van der Waals surface area contributed by atoms with E-state index in [-0.39, 0.29) is 0 Å². The second-order valence-electron chi connectivity index (χ2n) is 3.78. The average molecular weight is 220 g/mol. The van der Waals surface area contributed by atoms with Gasteiger partial charge in [0.1, 0.15) is 0 Å². The summed E-state index contributed by atoms with van der Waals surface area (Å²) in [5.41, 5.74) is 3.68. The molecule has 17 heavy (non-hydrogen) atoms. The molecular weight excluding hydrogens is 208 g/mol. The molecule has 2 nitrogen and oxygen atoms in total. The molecule has 82 valence electrons. The van der Waals surface area contributed by atoms with E-state index < -0.39 is 0 Å². The van der Waals surface area contributed by atoms with Crippen LogP contribution in [0, 0.1) is 18.3 Å². The Morgan fingerprint density at radius 1 is 1.12 bits per heavy atom. The molecule has 2 rings (SSSR count). The third kappa shape index (κ3) is 2.79. The molecule has 2 aromatic carbocycles. The summed E-state index contributed by atoms with van der Waals surface area (Å²) in [6, 6.07) is 17.5. The maximum absolute atomic E-state index is 8.80. The highest BCUT2D eigenvalue weighted by Gasteiger charge is 1.94. The minimum atomic E-state index is 0.652. The van der Waals surface area contributed by atoms with Crippen LogP contribution < -0.4 is 0 Å². The van der Waals surface area contributed by atoms with Crippen LogP contribution in [-0.4, -0.2) is 6.21 Å². The molecule has 0 radical (unpaired) electrons. The maximum Gasteiger partial charge on any atom is 0.0991 e. The van der Waals surface area contributed by atoms with E-state index in [1.807, 2.05) is 49.4 Å². The third-order valence-electron chi connectivity index (χ3n) is 2.48. The van der Waals surface area contributed by atoms with E-state index >= 15 is 0 Å². The predicted octanol–water partition coefficient (Wildman–Crippen LogP) is 3.62. The zero-order valence-electron chi connectivity index (χ0n) is 9.59. The van der Waals surface area contributed by atoms with Crippen LogP contribution in [0.5, 0.6) is 0 Å². The first-order chi connectivity index (χ1) is 8.29. The summed E-state index contributed by atoms with van der Waals surface area (Å²) in [7, 11) is 0. The first-order valence-corrected chi connectivity index (χ1v) is 5.39. The summed E-state index contributed by atoms with van der Waals surface area (Å²) in [5, 5.41) is 8.80. The largest absolute Gasteiger partial charge is 0.256 e. The van der Waals surface area contributed by atoms with Gasteiger partial charge in [-0.15, -0.1) is 0 Å². The molecule has 2 heteroatoms.